The molecule has 1 amide bonds. The Hall–Kier alpha value is -2.63. The number of benzene rings is 1. The lowest BCUT2D eigenvalue weighted by Gasteiger charge is -2.32. The molecule has 1 spiro atoms. The minimum atomic E-state index is -0.710. The molecule has 1 saturated heterocycles. The van der Waals surface area contributed by atoms with Crippen molar-refractivity contribution >= 4 is 11.9 Å². The summed E-state index contributed by atoms with van der Waals surface area (Å²) in [5, 5.41) is 9.14. The first-order chi connectivity index (χ1) is 13.0. The zero-order valence-corrected chi connectivity index (χ0v) is 15.0. The van der Waals surface area contributed by atoms with Crippen LogP contribution in [0.3, 0.4) is 0 Å². The molecule has 0 radical (unpaired) electrons. The number of hydrogen-bond acceptors (Lipinski definition) is 3. The number of piperidine rings is 1. The molecule has 2 aromatic rings. The van der Waals surface area contributed by atoms with E-state index >= 15 is 0 Å². The Morgan fingerprint density at radius 3 is 2.59 bits per heavy atom. The van der Waals surface area contributed by atoms with Gasteiger partial charge in [0.25, 0.3) is 0 Å². The van der Waals surface area contributed by atoms with Gasteiger partial charge in [-0.25, -0.2) is 4.39 Å². The third-order valence-corrected chi connectivity index (χ3v) is 5.99. The van der Waals surface area contributed by atoms with Crippen LogP contribution in [0.2, 0.25) is 0 Å². The second kappa shape index (κ2) is 6.83. The molecule has 1 aliphatic heterocycles. The van der Waals surface area contributed by atoms with Crippen molar-refractivity contribution in [1.82, 2.24) is 4.90 Å². The summed E-state index contributed by atoms with van der Waals surface area (Å²) in [4.78, 5) is 25.4. The molecule has 1 unspecified atom stereocenters. The fourth-order valence-electron chi connectivity index (χ4n) is 4.16. The third-order valence-electron chi connectivity index (χ3n) is 5.99. The number of nitrogens with zero attached hydrogens (tertiary/aromatic N) is 1. The van der Waals surface area contributed by atoms with Crippen LogP contribution < -0.4 is 0 Å². The predicted molar refractivity (Wildman–Crippen MR) is 96.4 cm³/mol. The van der Waals surface area contributed by atoms with E-state index in [1.54, 1.807) is 30.3 Å². The van der Waals surface area contributed by atoms with Gasteiger partial charge in [-0.3, -0.25) is 9.59 Å². The van der Waals surface area contributed by atoms with Crippen molar-refractivity contribution < 1.29 is 23.5 Å². The van der Waals surface area contributed by atoms with Gasteiger partial charge >= 0.3 is 5.97 Å². The van der Waals surface area contributed by atoms with Crippen LogP contribution in [0.1, 0.15) is 31.4 Å². The first-order valence-electron chi connectivity index (χ1n) is 9.33. The molecule has 27 heavy (non-hydrogen) atoms. The predicted octanol–water partition coefficient (Wildman–Crippen LogP) is 3.73. The van der Waals surface area contributed by atoms with Crippen molar-refractivity contribution in [3.8, 4) is 11.3 Å². The Bertz CT molecular complexity index is 867. The molecule has 1 saturated carbocycles. The fraction of sp³-hybridized carbons (Fsp3) is 0.429. The van der Waals surface area contributed by atoms with Gasteiger partial charge in [0, 0.05) is 25.9 Å². The van der Waals surface area contributed by atoms with Gasteiger partial charge in [0.05, 0.1) is 11.5 Å². The highest BCUT2D eigenvalue weighted by molar-refractivity contribution is 5.77. The van der Waals surface area contributed by atoms with Crippen molar-refractivity contribution in [2.24, 2.45) is 11.3 Å². The molecule has 2 aliphatic rings. The number of carbonyl (C=O) groups excluding carboxylic acids is 1. The van der Waals surface area contributed by atoms with Gasteiger partial charge in [-0.05, 0) is 48.9 Å². The van der Waals surface area contributed by atoms with E-state index in [0.29, 0.717) is 43.0 Å². The molecule has 1 atom stereocenters. The van der Waals surface area contributed by atoms with Gasteiger partial charge in [-0.2, -0.15) is 0 Å². The standard InChI is InChI=1S/C21H22FNO4/c22-17-4-2-1-3-15(17)18-7-5-14(27-18)6-8-19(24)23-11-9-21(10-12-23)13-16(21)20(25)26/h1-5,7,16H,6,8-13H2,(H,25,26). The molecule has 2 heterocycles. The van der Waals surface area contributed by atoms with Gasteiger partial charge in [-0.1, -0.05) is 12.1 Å². The molecule has 1 aromatic carbocycles. The molecule has 5 nitrogen and oxygen atoms in total. The van der Waals surface area contributed by atoms with Crippen LogP contribution in [0.15, 0.2) is 40.8 Å². The van der Waals surface area contributed by atoms with E-state index in [-0.39, 0.29) is 23.1 Å². The molecule has 142 valence electrons. The number of halogens is 1. The number of carboxylic acid groups (broad SMARTS) is 1. The molecule has 6 heteroatoms. The van der Waals surface area contributed by atoms with E-state index in [4.69, 9.17) is 9.52 Å². The van der Waals surface area contributed by atoms with Crippen molar-refractivity contribution in [2.45, 2.75) is 32.1 Å². The van der Waals surface area contributed by atoms with E-state index in [0.717, 1.165) is 19.3 Å². The van der Waals surface area contributed by atoms with Gasteiger partial charge in [0.1, 0.15) is 17.3 Å². The number of amides is 1. The van der Waals surface area contributed by atoms with Crippen LogP contribution >= 0.6 is 0 Å². The van der Waals surface area contributed by atoms with Crippen LogP contribution in [0.25, 0.3) is 11.3 Å². The summed E-state index contributed by atoms with van der Waals surface area (Å²) in [7, 11) is 0. The molecule has 1 aromatic heterocycles. The van der Waals surface area contributed by atoms with Crippen molar-refractivity contribution in [3.63, 3.8) is 0 Å². The van der Waals surface area contributed by atoms with Crippen molar-refractivity contribution in [2.75, 3.05) is 13.1 Å². The monoisotopic (exact) mass is 371 g/mol. The maximum atomic E-state index is 13.8. The second-order valence-electron chi connectivity index (χ2n) is 7.58. The Kier molecular flexibility index (Phi) is 4.50. The van der Waals surface area contributed by atoms with E-state index in [2.05, 4.69) is 0 Å². The largest absolute Gasteiger partial charge is 0.481 e. The number of hydrogen-bond donors (Lipinski definition) is 1. The maximum Gasteiger partial charge on any atom is 0.307 e. The number of likely N-dealkylation sites (tertiary alicyclic amines) is 1. The minimum absolute atomic E-state index is 0.0567. The molecule has 0 bridgehead atoms. The first-order valence-corrected chi connectivity index (χ1v) is 9.33. The Morgan fingerprint density at radius 2 is 1.93 bits per heavy atom. The fourth-order valence-corrected chi connectivity index (χ4v) is 4.16. The van der Waals surface area contributed by atoms with Crippen LogP contribution in [-0.4, -0.2) is 35.0 Å². The van der Waals surface area contributed by atoms with Crippen LogP contribution in [0, 0.1) is 17.2 Å². The lowest BCUT2D eigenvalue weighted by atomic mass is 9.90. The number of aliphatic carboxylic acids is 1. The molecular formula is C21H22FNO4. The molecule has 1 N–H and O–H groups in total. The van der Waals surface area contributed by atoms with Crippen LogP contribution in [0.4, 0.5) is 4.39 Å². The van der Waals surface area contributed by atoms with Crippen LogP contribution in [0.5, 0.6) is 0 Å². The number of rotatable bonds is 5. The highest BCUT2D eigenvalue weighted by Gasteiger charge is 2.59. The van der Waals surface area contributed by atoms with Gasteiger partial charge in [0.2, 0.25) is 5.91 Å². The Morgan fingerprint density at radius 1 is 1.19 bits per heavy atom. The van der Waals surface area contributed by atoms with Gasteiger partial charge in [0.15, 0.2) is 0 Å². The summed E-state index contributed by atoms with van der Waals surface area (Å²) < 4.78 is 19.5. The lowest BCUT2D eigenvalue weighted by molar-refractivity contribution is -0.139. The lowest BCUT2D eigenvalue weighted by Crippen LogP contribution is -2.40. The summed E-state index contributed by atoms with van der Waals surface area (Å²) in [5.74, 6) is -0.0993. The topological polar surface area (TPSA) is 70.8 Å². The first kappa shape index (κ1) is 17.8. The van der Waals surface area contributed by atoms with Gasteiger partial charge in [-0.15, -0.1) is 0 Å². The van der Waals surface area contributed by atoms with Crippen LogP contribution in [-0.2, 0) is 16.0 Å². The minimum Gasteiger partial charge on any atom is -0.481 e. The number of furan rings is 1. The van der Waals surface area contributed by atoms with Gasteiger partial charge < -0.3 is 14.4 Å². The van der Waals surface area contributed by atoms with Crippen molar-refractivity contribution in [1.29, 1.82) is 0 Å². The Labute approximate surface area is 156 Å². The maximum absolute atomic E-state index is 13.8. The highest BCUT2D eigenvalue weighted by Crippen LogP contribution is 2.59. The summed E-state index contributed by atoms with van der Waals surface area (Å²) in [5.41, 5.74) is 0.340. The van der Waals surface area contributed by atoms with E-state index in [1.807, 2.05) is 4.90 Å². The smallest absolute Gasteiger partial charge is 0.307 e. The van der Waals surface area contributed by atoms with E-state index in [1.165, 1.54) is 6.07 Å². The second-order valence-corrected chi connectivity index (χ2v) is 7.58. The summed E-state index contributed by atoms with van der Waals surface area (Å²) >= 11 is 0. The SMILES string of the molecule is O=C(O)C1CC12CCN(C(=O)CCc1ccc(-c3ccccc3F)o1)CC2. The molecule has 2 fully saturated rings. The summed E-state index contributed by atoms with van der Waals surface area (Å²) in [6.45, 7) is 1.25. The molecular weight excluding hydrogens is 349 g/mol. The number of carboxylic acids is 1. The quantitative estimate of drug-likeness (QED) is 0.869. The summed E-state index contributed by atoms with van der Waals surface area (Å²) in [6.07, 6.45) is 3.09. The summed E-state index contributed by atoms with van der Waals surface area (Å²) in [6, 6.07) is 9.93. The van der Waals surface area contributed by atoms with Crippen molar-refractivity contribution in [3.05, 3.63) is 48.0 Å². The zero-order chi connectivity index (χ0) is 19.0. The highest BCUT2D eigenvalue weighted by atomic mass is 19.1. The van der Waals surface area contributed by atoms with E-state index in [9.17, 15) is 14.0 Å². The van der Waals surface area contributed by atoms with E-state index < -0.39 is 5.97 Å². The normalized spacial score (nSPS) is 20.6. The number of aryl methyl sites for hydroxylation is 1. The Balaban J connectivity index is 1.29. The third kappa shape index (κ3) is 3.48. The average Bonchev–Trinajstić information content (AvgIpc) is 3.16. The molecule has 1 aliphatic carbocycles. The zero-order valence-electron chi connectivity index (χ0n) is 15.0. The molecule has 4 rings (SSSR count). The average molecular weight is 371 g/mol. The number of carbonyl (C=O) groups is 2.